The summed E-state index contributed by atoms with van der Waals surface area (Å²) in [6, 6.07) is 3.74. The molecule has 0 spiro atoms. The molecule has 1 aromatic carbocycles. The van der Waals surface area contributed by atoms with Crippen LogP contribution in [0.2, 0.25) is 0 Å². The number of halogens is 3. The lowest BCUT2D eigenvalue weighted by molar-refractivity contribution is -0.145. The lowest BCUT2D eigenvalue weighted by atomic mass is 9.99. The first-order valence-corrected chi connectivity index (χ1v) is 5.75. The summed E-state index contributed by atoms with van der Waals surface area (Å²) in [5, 5.41) is 2.28. The van der Waals surface area contributed by atoms with Crippen molar-refractivity contribution in [1.29, 1.82) is 0 Å². The Balaban J connectivity index is 3.05. The van der Waals surface area contributed by atoms with Crippen LogP contribution in [0.4, 0.5) is 13.2 Å². The Morgan fingerprint density at radius 2 is 1.90 bits per heavy atom. The van der Waals surface area contributed by atoms with Crippen molar-refractivity contribution in [2.24, 2.45) is 0 Å². The van der Waals surface area contributed by atoms with Crippen LogP contribution in [-0.2, 0) is 26.9 Å². The van der Waals surface area contributed by atoms with Gasteiger partial charge in [-0.05, 0) is 11.6 Å². The van der Waals surface area contributed by atoms with Gasteiger partial charge in [0.05, 0.1) is 12.7 Å². The maximum absolute atomic E-state index is 12.8. The lowest BCUT2D eigenvalue weighted by Crippen LogP contribution is -2.42. The van der Waals surface area contributed by atoms with Crippen molar-refractivity contribution in [3.63, 3.8) is 0 Å². The Kier molecular flexibility index (Phi) is 5.12. The summed E-state index contributed by atoms with van der Waals surface area (Å²) in [4.78, 5) is 22.5. The van der Waals surface area contributed by atoms with Gasteiger partial charge in [0.2, 0.25) is 5.91 Å². The largest absolute Gasteiger partial charge is 0.467 e. The number of nitrogens with one attached hydrogen (secondary N) is 1. The third-order valence-electron chi connectivity index (χ3n) is 2.61. The summed E-state index contributed by atoms with van der Waals surface area (Å²) in [6.07, 6.45) is -4.81. The first-order valence-electron chi connectivity index (χ1n) is 5.75. The molecule has 0 heterocycles. The van der Waals surface area contributed by atoms with E-state index >= 15 is 0 Å². The summed E-state index contributed by atoms with van der Waals surface area (Å²) < 4.78 is 43.0. The molecule has 1 rings (SSSR count). The normalized spacial score (nSPS) is 12.7. The third-order valence-corrected chi connectivity index (χ3v) is 2.61. The van der Waals surface area contributed by atoms with Gasteiger partial charge in [-0.3, -0.25) is 4.79 Å². The lowest BCUT2D eigenvalue weighted by Gasteiger charge is -2.18. The van der Waals surface area contributed by atoms with Gasteiger partial charge in [0.1, 0.15) is 6.04 Å². The topological polar surface area (TPSA) is 55.4 Å². The van der Waals surface area contributed by atoms with E-state index in [-0.39, 0.29) is 12.0 Å². The molecule has 1 amide bonds. The van der Waals surface area contributed by atoms with Gasteiger partial charge < -0.3 is 10.1 Å². The molecule has 1 N–H and O–H groups in total. The maximum atomic E-state index is 12.8. The van der Waals surface area contributed by atoms with Crippen LogP contribution in [0.5, 0.6) is 0 Å². The van der Waals surface area contributed by atoms with Crippen molar-refractivity contribution in [3.8, 4) is 0 Å². The molecule has 0 radical (unpaired) electrons. The highest BCUT2D eigenvalue weighted by Crippen LogP contribution is 2.32. The van der Waals surface area contributed by atoms with E-state index < -0.39 is 29.7 Å². The second-order valence-electron chi connectivity index (χ2n) is 4.14. The molecule has 0 aromatic heterocycles. The first-order chi connectivity index (χ1) is 9.25. The zero-order valence-corrected chi connectivity index (χ0v) is 11.0. The molecular weight excluding hydrogens is 275 g/mol. The van der Waals surface area contributed by atoms with Crippen LogP contribution < -0.4 is 5.32 Å². The summed E-state index contributed by atoms with van der Waals surface area (Å²) in [5.41, 5.74) is -0.914. The Hall–Kier alpha value is -2.05. The van der Waals surface area contributed by atoms with E-state index in [9.17, 15) is 22.8 Å². The molecular formula is C13H14F3NO3. The highest BCUT2D eigenvalue weighted by molar-refractivity contribution is 5.83. The molecule has 0 aliphatic heterocycles. The zero-order valence-electron chi connectivity index (χ0n) is 11.0. The molecule has 110 valence electrons. The van der Waals surface area contributed by atoms with Crippen molar-refractivity contribution in [2.75, 3.05) is 7.11 Å². The van der Waals surface area contributed by atoms with Gasteiger partial charge in [0.25, 0.3) is 0 Å². The van der Waals surface area contributed by atoms with Crippen molar-refractivity contribution in [3.05, 3.63) is 35.4 Å². The minimum absolute atomic E-state index is 0.0795. The van der Waals surface area contributed by atoms with E-state index in [2.05, 4.69) is 10.1 Å². The maximum Gasteiger partial charge on any atom is 0.416 e. The average Bonchev–Trinajstić information content (AvgIpc) is 2.36. The summed E-state index contributed by atoms with van der Waals surface area (Å²) in [7, 11) is 1.10. The SMILES string of the molecule is COC(=O)[C@H](Cc1ccccc1C(F)(F)F)NC(C)=O. The van der Waals surface area contributed by atoms with Crippen molar-refractivity contribution < 1.29 is 27.5 Å². The molecule has 7 heteroatoms. The number of alkyl halides is 3. The molecule has 1 aromatic rings. The van der Waals surface area contributed by atoms with Gasteiger partial charge in [-0.25, -0.2) is 4.79 Å². The predicted molar refractivity (Wildman–Crippen MR) is 64.8 cm³/mol. The Morgan fingerprint density at radius 1 is 1.30 bits per heavy atom. The molecule has 0 unspecified atom stereocenters. The third kappa shape index (κ3) is 4.25. The number of ether oxygens (including phenoxy) is 1. The summed E-state index contributed by atoms with van der Waals surface area (Å²) >= 11 is 0. The van der Waals surface area contributed by atoms with E-state index in [0.29, 0.717) is 0 Å². The van der Waals surface area contributed by atoms with Crippen molar-refractivity contribution in [1.82, 2.24) is 5.32 Å². The number of methoxy groups -OCH3 is 1. The average molecular weight is 289 g/mol. The number of hydrogen-bond donors (Lipinski definition) is 1. The predicted octanol–water partition coefficient (Wildman–Crippen LogP) is 1.93. The molecule has 0 aliphatic carbocycles. The van der Waals surface area contributed by atoms with Crippen LogP contribution in [0, 0.1) is 0 Å². The number of rotatable bonds is 4. The molecule has 0 fully saturated rings. The second kappa shape index (κ2) is 6.40. The fourth-order valence-corrected chi connectivity index (χ4v) is 1.78. The van der Waals surface area contributed by atoms with Crippen molar-refractivity contribution in [2.45, 2.75) is 25.6 Å². The van der Waals surface area contributed by atoms with Gasteiger partial charge in [-0.15, -0.1) is 0 Å². The standard InChI is InChI=1S/C13H14F3NO3/c1-8(18)17-11(12(19)20-2)7-9-5-3-4-6-10(9)13(14,15)16/h3-6,11H,7H2,1-2H3,(H,17,18)/t11-/m0/s1. The number of carbonyl (C=O) groups excluding carboxylic acids is 2. The monoisotopic (exact) mass is 289 g/mol. The Labute approximate surface area is 113 Å². The molecule has 1 atom stereocenters. The van der Waals surface area contributed by atoms with Gasteiger partial charge in [0.15, 0.2) is 0 Å². The minimum Gasteiger partial charge on any atom is -0.467 e. The number of carbonyl (C=O) groups is 2. The Bertz CT molecular complexity index is 500. The van der Waals surface area contributed by atoms with Gasteiger partial charge in [-0.2, -0.15) is 13.2 Å². The fraction of sp³-hybridized carbons (Fsp3) is 0.385. The Morgan fingerprint density at radius 3 is 2.40 bits per heavy atom. The van der Waals surface area contributed by atoms with Gasteiger partial charge in [-0.1, -0.05) is 18.2 Å². The van der Waals surface area contributed by atoms with E-state index in [4.69, 9.17) is 0 Å². The number of esters is 1. The zero-order chi connectivity index (χ0) is 15.3. The minimum atomic E-state index is -4.52. The van der Waals surface area contributed by atoms with E-state index in [0.717, 1.165) is 13.2 Å². The molecule has 0 saturated carbocycles. The molecule has 0 aliphatic rings. The highest BCUT2D eigenvalue weighted by Gasteiger charge is 2.34. The van der Waals surface area contributed by atoms with Crippen LogP contribution in [-0.4, -0.2) is 25.0 Å². The van der Waals surface area contributed by atoms with Crippen LogP contribution in [0.3, 0.4) is 0 Å². The fourth-order valence-electron chi connectivity index (χ4n) is 1.78. The molecule has 4 nitrogen and oxygen atoms in total. The number of amides is 1. The molecule has 0 bridgehead atoms. The van der Waals surface area contributed by atoms with E-state index in [1.807, 2.05) is 0 Å². The molecule has 0 saturated heterocycles. The summed E-state index contributed by atoms with van der Waals surface area (Å²) in [6.45, 7) is 1.17. The van der Waals surface area contributed by atoms with Crippen LogP contribution in [0.25, 0.3) is 0 Å². The van der Waals surface area contributed by atoms with Gasteiger partial charge in [0, 0.05) is 13.3 Å². The number of hydrogen-bond acceptors (Lipinski definition) is 3. The van der Waals surface area contributed by atoms with Gasteiger partial charge >= 0.3 is 12.1 Å². The highest BCUT2D eigenvalue weighted by atomic mass is 19.4. The van der Waals surface area contributed by atoms with E-state index in [1.54, 1.807) is 0 Å². The summed E-state index contributed by atoms with van der Waals surface area (Å²) in [5.74, 6) is -1.32. The van der Waals surface area contributed by atoms with E-state index in [1.165, 1.54) is 25.1 Å². The first kappa shape index (κ1) is 16.0. The van der Waals surface area contributed by atoms with Crippen molar-refractivity contribution >= 4 is 11.9 Å². The smallest absolute Gasteiger partial charge is 0.416 e. The van der Waals surface area contributed by atoms with Crippen LogP contribution in [0.1, 0.15) is 18.1 Å². The van der Waals surface area contributed by atoms with Crippen LogP contribution >= 0.6 is 0 Å². The molecule has 20 heavy (non-hydrogen) atoms. The quantitative estimate of drug-likeness (QED) is 0.862. The van der Waals surface area contributed by atoms with Crippen LogP contribution in [0.15, 0.2) is 24.3 Å². The number of benzene rings is 1. The second-order valence-corrected chi connectivity index (χ2v) is 4.14.